The number of rotatable bonds is 1. The molecule has 3 heteroatoms. The summed E-state index contributed by atoms with van der Waals surface area (Å²) in [6.45, 7) is 0. The number of hydrogen-bond acceptors (Lipinski definition) is 3. The van der Waals surface area contributed by atoms with Gasteiger partial charge in [0.05, 0.1) is 0 Å². The number of nitrogens with zero attached hydrogens (tertiary/aromatic N) is 1. The summed E-state index contributed by atoms with van der Waals surface area (Å²) in [5.41, 5.74) is 10.7. The number of nitriles is 1. The summed E-state index contributed by atoms with van der Waals surface area (Å²) >= 11 is 0. The molecule has 0 aliphatic heterocycles. The fraction of sp³-hybridized carbons (Fsp3) is 0.267. The van der Waals surface area contributed by atoms with Gasteiger partial charge in [-0.1, -0.05) is 18.2 Å². The minimum atomic E-state index is 0.199. The van der Waals surface area contributed by atoms with Crippen molar-refractivity contribution in [3.8, 4) is 17.2 Å². The van der Waals surface area contributed by atoms with Crippen molar-refractivity contribution in [1.29, 1.82) is 5.26 Å². The van der Waals surface area contributed by atoms with E-state index in [1.54, 1.807) is 6.26 Å². The number of anilines is 1. The first-order valence-corrected chi connectivity index (χ1v) is 6.19. The molecule has 18 heavy (non-hydrogen) atoms. The third-order valence-electron chi connectivity index (χ3n) is 3.59. The summed E-state index contributed by atoms with van der Waals surface area (Å²) in [5, 5.41) is 9.10. The van der Waals surface area contributed by atoms with Crippen molar-refractivity contribution in [3.63, 3.8) is 0 Å². The highest BCUT2D eigenvalue weighted by atomic mass is 16.3. The summed E-state index contributed by atoms with van der Waals surface area (Å²) in [7, 11) is 0. The number of nitrogen functional groups attached to an aromatic ring is 1. The van der Waals surface area contributed by atoms with Crippen LogP contribution in [0.5, 0.6) is 0 Å². The van der Waals surface area contributed by atoms with Crippen LogP contribution in [0.4, 0.5) is 5.88 Å². The van der Waals surface area contributed by atoms with Gasteiger partial charge in [-0.05, 0) is 42.4 Å². The lowest BCUT2D eigenvalue weighted by Crippen LogP contribution is -2.02. The Balaban J connectivity index is 2.10. The van der Waals surface area contributed by atoms with Gasteiger partial charge in [0.25, 0.3) is 0 Å². The normalized spacial score (nSPS) is 13.9. The highest BCUT2D eigenvalue weighted by molar-refractivity contribution is 5.75. The molecule has 1 heterocycles. The maximum Gasteiger partial charge on any atom is 0.208 e. The summed E-state index contributed by atoms with van der Waals surface area (Å²) in [6, 6.07) is 8.48. The van der Waals surface area contributed by atoms with Gasteiger partial charge in [0.1, 0.15) is 17.9 Å². The Kier molecular flexibility index (Phi) is 2.56. The monoisotopic (exact) mass is 238 g/mol. The maximum absolute atomic E-state index is 9.10. The molecule has 2 N–H and O–H groups in total. The summed E-state index contributed by atoms with van der Waals surface area (Å²) in [4.78, 5) is 0. The molecule has 0 spiro atoms. The van der Waals surface area contributed by atoms with Gasteiger partial charge in [-0.3, -0.25) is 0 Å². The van der Waals surface area contributed by atoms with Gasteiger partial charge in [-0.15, -0.1) is 0 Å². The van der Waals surface area contributed by atoms with Gasteiger partial charge in [-0.2, -0.15) is 5.26 Å². The van der Waals surface area contributed by atoms with Crippen LogP contribution in [0.25, 0.3) is 11.1 Å². The molecule has 1 aliphatic carbocycles. The Morgan fingerprint density at radius 1 is 1.17 bits per heavy atom. The quantitative estimate of drug-likeness (QED) is 0.829. The van der Waals surface area contributed by atoms with Crippen LogP contribution in [0, 0.1) is 11.3 Å². The lowest BCUT2D eigenvalue weighted by molar-refractivity contribution is 0.588. The first-order valence-electron chi connectivity index (χ1n) is 6.19. The van der Waals surface area contributed by atoms with E-state index in [9.17, 15) is 0 Å². The van der Waals surface area contributed by atoms with Crippen LogP contribution in [-0.2, 0) is 12.8 Å². The van der Waals surface area contributed by atoms with Crippen LogP contribution in [0.3, 0.4) is 0 Å². The molecular weight excluding hydrogens is 224 g/mol. The molecule has 0 bridgehead atoms. The van der Waals surface area contributed by atoms with Crippen molar-refractivity contribution in [3.05, 3.63) is 41.2 Å². The van der Waals surface area contributed by atoms with Crippen LogP contribution in [0.2, 0.25) is 0 Å². The Hall–Kier alpha value is -2.21. The van der Waals surface area contributed by atoms with Crippen molar-refractivity contribution < 1.29 is 4.42 Å². The first kappa shape index (κ1) is 10.9. The fourth-order valence-electron chi connectivity index (χ4n) is 2.60. The maximum atomic E-state index is 9.10. The van der Waals surface area contributed by atoms with Crippen LogP contribution in [-0.4, -0.2) is 0 Å². The number of hydrogen-bond donors (Lipinski definition) is 1. The zero-order valence-electron chi connectivity index (χ0n) is 10.1. The summed E-state index contributed by atoms with van der Waals surface area (Å²) < 4.78 is 5.14. The molecule has 0 saturated heterocycles. The molecule has 0 atom stereocenters. The van der Waals surface area contributed by atoms with Crippen molar-refractivity contribution >= 4 is 5.88 Å². The van der Waals surface area contributed by atoms with Crippen LogP contribution < -0.4 is 5.73 Å². The molecule has 90 valence electrons. The van der Waals surface area contributed by atoms with Crippen molar-refractivity contribution in [2.75, 3.05) is 5.73 Å². The summed E-state index contributed by atoms with van der Waals surface area (Å²) in [6.07, 6.45) is 6.37. The minimum absolute atomic E-state index is 0.199. The third kappa shape index (κ3) is 1.67. The Morgan fingerprint density at radius 2 is 1.94 bits per heavy atom. The van der Waals surface area contributed by atoms with Gasteiger partial charge in [0.15, 0.2) is 0 Å². The Labute approximate surface area is 106 Å². The number of nitrogens with two attached hydrogens (primary N) is 1. The van der Waals surface area contributed by atoms with E-state index in [0.717, 1.165) is 24.0 Å². The third-order valence-corrected chi connectivity index (χ3v) is 3.59. The predicted octanol–water partition coefficient (Wildman–Crippen LogP) is 3.28. The van der Waals surface area contributed by atoms with Crippen molar-refractivity contribution in [1.82, 2.24) is 0 Å². The Morgan fingerprint density at radius 3 is 2.72 bits per heavy atom. The highest BCUT2D eigenvalue weighted by Gasteiger charge is 2.15. The molecule has 0 fully saturated rings. The van der Waals surface area contributed by atoms with Crippen LogP contribution in [0.1, 0.15) is 29.5 Å². The van der Waals surface area contributed by atoms with E-state index in [-0.39, 0.29) is 5.88 Å². The van der Waals surface area contributed by atoms with Gasteiger partial charge in [0.2, 0.25) is 5.88 Å². The highest BCUT2D eigenvalue weighted by Crippen LogP contribution is 2.32. The molecule has 3 nitrogen and oxygen atoms in total. The predicted molar refractivity (Wildman–Crippen MR) is 69.9 cm³/mol. The second kappa shape index (κ2) is 4.23. The molecule has 1 aromatic heterocycles. The minimum Gasteiger partial charge on any atom is -0.447 e. The standard InChI is InChI=1S/C15H14N2O/c16-8-13-14(9-18-15(13)17)12-6-5-10-3-1-2-4-11(10)7-12/h5-7,9H,1-4,17H2. The van der Waals surface area contributed by atoms with E-state index in [0.29, 0.717) is 5.56 Å². The number of aryl methyl sites for hydroxylation is 2. The number of fused-ring (bicyclic) bond motifs is 1. The van der Waals surface area contributed by atoms with Gasteiger partial charge < -0.3 is 10.2 Å². The molecule has 0 radical (unpaired) electrons. The molecular formula is C15H14N2O. The van der Waals surface area contributed by atoms with Gasteiger partial charge >= 0.3 is 0 Å². The zero-order chi connectivity index (χ0) is 12.5. The molecule has 0 amide bonds. The second-order valence-electron chi connectivity index (χ2n) is 4.69. The molecule has 1 aliphatic rings. The van der Waals surface area contributed by atoms with Gasteiger partial charge in [-0.25, -0.2) is 0 Å². The van der Waals surface area contributed by atoms with E-state index >= 15 is 0 Å². The van der Waals surface area contributed by atoms with E-state index in [1.165, 1.54) is 24.0 Å². The molecule has 3 rings (SSSR count). The fourth-order valence-corrected chi connectivity index (χ4v) is 2.60. The lowest BCUT2D eigenvalue weighted by atomic mass is 9.89. The van der Waals surface area contributed by atoms with Crippen molar-refractivity contribution in [2.24, 2.45) is 0 Å². The molecule has 2 aromatic rings. The number of benzene rings is 1. The van der Waals surface area contributed by atoms with E-state index in [4.69, 9.17) is 15.4 Å². The van der Waals surface area contributed by atoms with Crippen LogP contribution in [0.15, 0.2) is 28.9 Å². The van der Waals surface area contributed by atoms with Gasteiger partial charge in [0, 0.05) is 5.56 Å². The topological polar surface area (TPSA) is 63.0 Å². The first-order chi connectivity index (χ1) is 8.79. The molecule has 1 aromatic carbocycles. The van der Waals surface area contributed by atoms with E-state index in [2.05, 4.69) is 24.3 Å². The lowest BCUT2D eigenvalue weighted by Gasteiger charge is -2.16. The Bertz CT molecular complexity index is 634. The van der Waals surface area contributed by atoms with Crippen LogP contribution >= 0.6 is 0 Å². The smallest absolute Gasteiger partial charge is 0.208 e. The zero-order valence-corrected chi connectivity index (χ0v) is 10.1. The van der Waals surface area contributed by atoms with E-state index in [1.807, 2.05) is 0 Å². The summed E-state index contributed by atoms with van der Waals surface area (Å²) in [5.74, 6) is 0.199. The second-order valence-corrected chi connectivity index (χ2v) is 4.69. The largest absolute Gasteiger partial charge is 0.447 e. The van der Waals surface area contributed by atoms with E-state index < -0.39 is 0 Å². The van der Waals surface area contributed by atoms with Crippen molar-refractivity contribution in [2.45, 2.75) is 25.7 Å². The number of furan rings is 1. The molecule has 0 unspecified atom stereocenters. The molecule has 0 saturated carbocycles. The SMILES string of the molecule is N#Cc1c(-c2ccc3c(c2)CCCC3)coc1N. The average Bonchev–Trinajstić information content (AvgIpc) is 2.79. The average molecular weight is 238 g/mol.